The van der Waals surface area contributed by atoms with Gasteiger partial charge in [-0.3, -0.25) is 4.90 Å². The Morgan fingerprint density at radius 1 is 1.08 bits per heavy atom. The molecule has 2 N–H and O–H groups in total. The fraction of sp³-hybridized carbons (Fsp3) is 0.450. The second-order valence-electron chi connectivity index (χ2n) is 7.12. The van der Waals surface area contributed by atoms with Crippen molar-refractivity contribution in [1.82, 2.24) is 10.2 Å². The van der Waals surface area contributed by atoms with Gasteiger partial charge in [-0.1, -0.05) is 24.6 Å². The van der Waals surface area contributed by atoms with Gasteiger partial charge in [-0.15, -0.1) is 0 Å². The van der Waals surface area contributed by atoms with Crippen LogP contribution in [0.5, 0.6) is 0 Å². The summed E-state index contributed by atoms with van der Waals surface area (Å²) in [5.74, 6) is 1.07. The number of rotatable bonds is 4. The second kappa shape index (κ2) is 7.58. The highest BCUT2D eigenvalue weighted by Gasteiger charge is 2.38. The van der Waals surface area contributed by atoms with Crippen LogP contribution in [0.25, 0.3) is 0 Å². The number of nitrogens with zero attached hydrogens (tertiary/aromatic N) is 1. The molecule has 5 heteroatoms. The summed E-state index contributed by atoms with van der Waals surface area (Å²) in [6, 6.07) is 15.9. The standard InChI is InChI=1S/C20H25N3OS/c25-20(21-15-6-2-1-3-7-15)22-16-12-17-8-4-9-18(13-16)23(17)14-19-10-5-11-24-19/h1-3,5-7,10-11,16-18H,4,8-9,12-14H2,(H2,21,22,25)/t17-,18-/m0/s1. The summed E-state index contributed by atoms with van der Waals surface area (Å²) in [6.07, 6.45) is 7.95. The van der Waals surface area contributed by atoms with E-state index >= 15 is 0 Å². The van der Waals surface area contributed by atoms with E-state index in [-0.39, 0.29) is 0 Å². The first-order valence-corrected chi connectivity index (χ1v) is 9.59. The van der Waals surface area contributed by atoms with Crippen molar-refractivity contribution in [3.63, 3.8) is 0 Å². The molecule has 0 saturated carbocycles. The van der Waals surface area contributed by atoms with Crippen LogP contribution in [0.4, 0.5) is 5.69 Å². The number of para-hydroxylation sites is 1. The molecule has 1 aromatic carbocycles. The predicted octanol–water partition coefficient (Wildman–Crippen LogP) is 4.15. The lowest BCUT2D eigenvalue weighted by Crippen LogP contribution is -2.56. The zero-order valence-corrected chi connectivity index (χ0v) is 15.2. The Bertz CT molecular complexity index is 674. The van der Waals surface area contributed by atoms with E-state index in [0.29, 0.717) is 18.1 Å². The van der Waals surface area contributed by atoms with E-state index in [2.05, 4.69) is 21.6 Å². The van der Waals surface area contributed by atoms with Crippen LogP contribution in [-0.2, 0) is 6.54 Å². The highest BCUT2D eigenvalue weighted by Crippen LogP contribution is 2.35. The molecule has 0 radical (unpaired) electrons. The summed E-state index contributed by atoms with van der Waals surface area (Å²) in [6.45, 7) is 0.932. The first-order valence-electron chi connectivity index (χ1n) is 9.18. The normalized spacial score (nSPS) is 26.2. The zero-order chi connectivity index (χ0) is 17.1. The van der Waals surface area contributed by atoms with Crippen molar-refractivity contribution in [3.05, 3.63) is 54.5 Å². The van der Waals surface area contributed by atoms with Gasteiger partial charge in [-0.25, -0.2) is 0 Å². The molecule has 132 valence electrons. The van der Waals surface area contributed by atoms with Crippen molar-refractivity contribution in [2.75, 3.05) is 5.32 Å². The molecule has 0 unspecified atom stereocenters. The van der Waals surface area contributed by atoms with Crippen LogP contribution in [0.1, 0.15) is 37.9 Å². The number of hydrogen-bond acceptors (Lipinski definition) is 3. The Morgan fingerprint density at radius 3 is 2.52 bits per heavy atom. The molecular weight excluding hydrogens is 330 g/mol. The maximum absolute atomic E-state index is 5.57. The molecule has 0 aliphatic carbocycles. The van der Waals surface area contributed by atoms with Crippen LogP contribution in [0.2, 0.25) is 0 Å². The van der Waals surface area contributed by atoms with Gasteiger partial charge >= 0.3 is 0 Å². The van der Waals surface area contributed by atoms with Crippen LogP contribution in [0.15, 0.2) is 53.1 Å². The number of anilines is 1. The predicted molar refractivity (Wildman–Crippen MR) is 104 cm³/mol. The summed E-state index contributed by atoms with van der Waals surface area (Å²) in [7, 11) is 0. The van der Waals surface area contributed by atoms with Gasteiger partial charge in [0, 0.05) is 23.8 Å². The van der Waals surface area contributed by atoms with Crippen molar-refractivity contribution in [2.24, 2.45) is 0 Å². The summed E-state index contributed by atoms with van der Waals surface area (Å²) in [5, 5.41) is 7.57. The molecule has 2 bridgehead atoms. The second-order valence-corrected chi connectivity index (χ2v) is 7.53. The Balaban J connectivity index is 1.35. The number of fused-ring (bicyclic) bond motifs is 2. The quantitative estimate of drug-likeness (QED) is 0.806. The van der Waals surface area contributed by atoms with E-state index in [0.717, 1.165) is 35.9 Å². The van der Waals surface area contributed by atoms with Crippen molar-refractivity contribution in [2.45, 2.75) is 56.8 Å². The van der Waals surface area contributed by atoms with Crippen LogP contribution in [0.3, 0.4) is 0 Å². The number of hydrogen-bond donors (Lipinski definition) is 2. The molecule has 3 heterocycles. The van der Waals surface area contributed by atoms with Gasteiger partial charge in [-0.2, -0.15) is 0 Å². The molecule has 4 nitrogen and oxygen atoms in total. The van der Waals surface area contributed by atoms with Crippen molar-refractivity contribution < 1.29 is 4.42 Å². The van der Waals surface area contributed by atoms with Crippen molar-refractivity contribution in [3.8, 4) is 0 Å². The van der Waals surface area contributed by atoms with Gasteiger partial charge in [0.25, 0.3) is 0 Å². The fourth-order valence-corrected chi connectivity index (χ4v) is 4.60. The van der Waals surface area contributed by atoms with Crippen LogP contribution in [-0.4, -0.2) is 28.1 Å². The van der Waals surface area contributed by atoms with Gasteiger partial charge in [0.05, 0.1) is 12.8 Å². The van der Waals surface area contributed by atoms with Gasteiger partial charge in [0.15, 0.2) is 5.11 Å². The lowest BCUT2D eigenvalue weighted by atomic mass is 9.81. The number of benzene rings is 1. The topological polar surface area (TPSA) is 40.4 Å². The first kappa shape index (κ1) is 16.6. The van der Waals surface area contributed by atoms with Crippen LogP contribution < -0.4 is 10.6 Å². The molecular formula is C20H25N3OS. The summed E-state index contributed by atoms with van der Waals surface area (Å²) < 4.78 is 5.57. The van der Waals surface area contributed by atoms with Crippen LogP contribution in [0, 0.1) is 0 Å². The van der Waals surface area contributed by atoms with Gasteiger partial charge in [0.1, 0.15) is 5.76 Å². The van der Waals surface area contributed by atoms with Crippen molar-refractivity contribution in [1.29, 1.82) is 0 Å². The molecule has 2 atom stereocenters. The lowest BCUT2D eigenvalue weighted by Gasteiger charge is -2.48. The van der Waals surface area contributed by atoms with E-state index in [1.165, 1.54) is 19.3 Å². The van der Waals surface area contributed by atoms with E-state index in [9.17, 15) is 0 Å². The molecule has 2 saturated heterocycles. The Kier molecular flexibility index (Phi) is 5.04. The summed E-state index contributed by atoms with van der Waals surface area (Å²) in [5.41, 5.74) is 1.04. The van der Waals surface area contributed by atoms with Gasteiger partial charge in [0.2, 0.25) is 0 Å². The van der Waals surface area contributed by atoms with E-state index in [4.69, 9.17) is 16.6 Å². The number of furan rings is 1. The third-order valence-electron chi connectivity index (χ3n) is 5.41. The zero-order valence-electron chi connectivity index (χ0n) is 14.4. The largest absolute Gasteiger partial charge is 0.468 e. The molecule has 1 aromatic heterocycles. The Hall–Kier alpha value is -1.85. The SMILES string of the molecule is S=C(Nc1ccccc1)NC1C[C@@H]2CCC[C@@H](C1)N2Cc1ccco1. The number of piperidine rings is 2. The maximum Gasteiger partial charge on any atom is 0.170 e. The Morgan fingerprint density at radius 2 is 1.84 bits per heavy atom. The lowest BCUT2D eigenvalue weighted by molar-refractivity contribution is 0.0161. The molecule has 2 aliphatic heterocycles. The van der Waals surface area contributed by atoms with E-state index < -0.39 is 0 Å². The first-order chi connectivity index (χ1) is 12.3. The highest BCUT2D eigenvalue weighted by molar-refractivity contribution is 7.80. The third-order valence-corrected chi connectivity index (χ3v) is 5.63. The van der Waals surface area contributed by atoms with Crippen LogP contribution >= 0.6 is 12.2 Å². The smallest absolute Gasteiger partial charge is 0.170 e. The summed E-state index contributed by atoms with van der Waals surface area (Å²) in [4.78, 5) is 2.65. The molecule has 4 rings (SSSR count). The minimum Gasteiger partial charge on any atom is -0.468 e. The molecule has 0 amide bonds. The minimum atomic E-state index is 0.451. The maximum atomic E-state index is 5.57. The monoisotopic (exact) mass is 355 g/mol. The number of nitrogens with one attached hydrogen (secondary N) is 2. The highest BCUT2D eigenvalue weighted by atomic mass is 32.1. The average Bonchev–Trinajstić information content (AvgIpc) is 3.09. The molecule has 2 fully saturated rings. The molecule has 25 heavy (non-hydrogen) atoms. The number of thiocarbonyl (C=S) groups is 1. The van der Waals surface area contributed by atoms with E-state index in [1.54, 1.807) is 6.26 Å². The molecule has 2 aromatic rings. The molecule has 0 spiro atoms. The van der Waals surface area contributed by atoms with Gasteiger partial charge < -0.3 is 15.1 Å². The fourth-order valence-electron chi connectivity index (χ4n) is 4.31. The average molecular weight is 356 g/mol. The third kappa shape index (κ3) is 4.05. The van der Waals surface area contributed by atoms with E-state index in [1.807, 2.05) is 36.4 Å². The molecule has 2 aliphatic rings. The van der Waals surface area contributed by atoms with Crippen molar-refractivity contribution >= 4 is 23.0 Å². The Labute approximate surface area is 154 Å². The minimum absolute atomic E-state index is 0.451. The summed E-state index contributed by atoms with van der Waals surface area (Å²) >= 11 is 5.52. The van der Waals surface area contributed by atoms with Gasteiger partial charge in [-0.05, 0) is 62.2 Å².